The van der Waals surface area contributed by atoms with Crippen molar-refractivity contribution in [3.8, 4) is 17.2 Å². The Bertz CT molecular complexity index is 1010. The summed E-state index contributed by atoms with van der Waals surface area (Å²) in [7, 11) is 0. The van der Waals surface area contributed by atoms with E-state index in [1.54, 1.807) is 48.5 Å². The average molecular weight is 377 g/mol. The highest BCUT2D eigenvalue weighted by molar-refractivity contribution is 5.94. The minimum Gasteiger partial charge on any atom is -0.457 e. The van der Waals surface area contributed by atoms with Crippen LogP contribution in [0.2, 0.25) is 0 Å². The molecule has 7 heteroatoms. The maximum Gasteiger partial charge on any atom is 0.343 e. The number of benzene rings is 3. The number of carbonyl (C=O) groups is 2. The molecule has 7 nitrogen and oxygen atoms in total. The SMILES string of the molecule is CC(=O)c1ccc(OC(=O)c2ccc(Oc3ccc([N+](=O)[O-])cc3)cc2)cc1. The summed E-state index contributed by atoms with van der Waals surface area (Å²) in [5, 5.41) is 10.7. The van der Waals surface area contributed by atoms with Crippen molar-refractivity contribution < 1.29 is 24.0 Å². The third-order valence-electron chi connectivity index (χ3n) is 3.84. The van der Waals surface area contributed by atoms with E-state index in [1.807, 2.05) is 0 Å². The van der Waals surface area contributed by atoms with Crippen molar-refractivity contribution in [3.63, 3.8) is 0 Å². The first-order valence-electron chi connectivity index (χ1n) is 8.28. The van der Waals surface area contributed by atoms with E-state index in [0.29, 0.717) is 28.4 Å². The lowest BCUT2D eigenvalue weighted by atomic mass is 10.1. The second kappa shape index (κ2) is 8.13. The number of nitro benzene ring substituents is 1. The summed E-state index contributed by atoms with van der Waals surface area (Å²) < 4.78 is 10.9. The van der Waals surface area contributed by atoms with Crippen LogP contribution in [0.25, 0.3) is 0 Å². The van der Waals surface area contributed by atoms with Crippen LogP contribution >= 0.6 is 0 Å². The zero-order chi connectivity index (χ0) is 20.1. The number of esters is 1. The number of carbonyl (C=O) groups excluding carboxylic acids is 2. The Kier molecular flexibility index (Phi) is 5.45. The highest BCUT2D eigenvalue weighted by Gasteiger charge is 2.10. The number of rotatable bonds is 6. The van der Waals surface area contributed by atoms with E-state index in [1.165, 1.54) is 31.2 Å². The first kappa shape index (κ1) is 18.8. The Balaban J connectivity index is 1.63. The average Bonchev–Trinajstić information content (AvgIpc) is 2.69. The number of hydrogen-bond donors (Lipinski definition) is 0. The van der Waals surface area contributed by atoms with Crippen LogP contribution in [0.4, 0.5) is 5.69 Å². The number of Topliss-reactive ketones (excluding diaryl/α,β-unsaturated/α-hetero) is 1. The summed E-state index contributed by atoms with van der Waals surface area (Å²) in [6.45, 7) is 1.46. The second-order valence-corrected chi connectivity index (χ2v) is 5.85. The molecule has 0 fully saturated rings. The fourth-order valence-electron chi connectivity index (χ4n) is 2.35. The molecule has 0 aliphatic heterocycles. The van der Waals surface area contributed by atoms with Gasteiger partial charge in [0.05, 0.1) is 10.5 Å². The molecule has 0 radical (unpaired) electrons. The normalized spacial score (nSPS) is 10.2. The number of ketones is 1. The van der Waals surface area contributed by atoms with Gasteiger partial charge in [0.15, 0.2) is 5.78 Å². The largest absolute Gasteiger partial charge is 0.457 e. The van der Waals surface area contributed by atoms with Gasteiger partial charge in [-0.05, 0) is 67.6 Å². The van der Waals surface area contributed by atoms with E-state index >= 15 is 0 Å². The highest BCUT2D eigenvalue weighted by atomic mass is 16.6. The summed E-state index contributed by atoms with van der Waals surface area (Å²) in [5.41, 5.74) is 0.834. The molecule has 0 atom stereocenters. The molecule has 0 bridgehead atoms. The van der Waals surface area contributed by atoms with Gasteiger partial charge in [-0.2, -0.15) is 0 Å². The van der Waals surface area contributed by atoms with Crippen molar-refractivity contribution >= 4 is 17.4 Å². The van der Waals surface area contributed by atoms with E-state index in [0.717, 1.165) is 0 Å². The Morgan fingerprint density at radius 3 is 1.71 bits per heavy atom. The first-order valence-corrected chi connectivity index (χ1v) is 8.28. The van der Waals surface area contributed by atoms with Gasteiger partial charge in [-0.1, -0.05) is 0 Å². The molecule has 0 heterocycles. The fraction of sp³-hybridized carbons (Fsp3) is 0.0476. The molecule has 0 saturated heterocycles. The Morgan fingerprint density at radius 2 is 1.21 bits per heavy atom. The van der Waals surface area contributed by atoms with Crippen molar-refractivity contribution in [1.29, 1.82) is 0 Å². The summed E-state index contributed by atoms with van der Waals surface area (Å²) in [6, 6.07) is 18.3. The van der Waals surface area contributed by atoms with Gasteiger partial charge in [0.1, 0.15) is 17.2 Å². The topological polar surface area (TPSA) is 95.7 Å². The smallest absolute Gasteiger partial charge is 0.343 e. The van der Waals surface area contributed by atoms with Gasteiger partial charge < -0.3 is 9.47 Å². The Morgan fingerprint density at radius 1 is 0.750 bits per heavy atom. The van der Waals surface area contributed by atoms with Gasteiger partial charge in [0.2, 0.25) is 0 Å². The predicted octanol–water partition coefficient (Wildman–Crippen LogP) is 4.81. The van der Waals surface area contributed by atoms with Gasteiger partial charge in [-0.15, -0.1) is 0 Å². The van der Waals surface area contributed by atoms with Gasteiger partial charge in [-0.3, -0.25) is 14.9 Å². The van der Waals surface area contributed by atoms with Gasteiger partial charge in [-0.25, -0.2) is 4.79 Å². The molecule has 0 aliphatic carbocycles. The lowest BCUT2D eigenvalue weighted by Gasteiger charge is -2.07. The number of ether oxygens (including phenoxy) is 2. The molecule has 0 aromatic heterocycles. The lowest BCUT2D eigenvalue weighted by Crippen LogP contribution is -2.08. The standard InChI is InChI=1S/C21H15NO6/c1-14(23)15-2-8-20(9-3-15)28-21(24)16-4-10-18(11-5-16)27-19-12-6-17(7-13-19)22(25)26/h2-13H,1H3. The van der Waals surface area contributed by atoms with Gasteiger partial charge >= 0.3 is 5.97 Å². The van der Waals surface area contributed by atoms with E-state index in [9.17, 15) is 19.7 Å². The molecular weight excluding hydrogens is 362 g/mol. The van der Waals surface area contributed by atoms with Crippen LogP contribution in [-0.4, -0.2) is 16.7 Å². The van der Waals surface area contributed by atoms with Crippen LogP contribution in [-0.2, 0) is 0 Å². The van der Waals surface area contributed by atoms with Crippen molar-refractivity contribution in [1.82, 2.24) is 0 Å². The Hall–Kier alpha value is -4.00. The molecule has 0 aliphatic rings. The zero-order valence-corrected chi connectivity index (χ0v) is 14.8. The molecular formula is C21H15NO6. The fourth-order valence-corrected chi connectivity index (χ4v) is 2.35. The van der Waals surface area contributed by atoms with E-state index < -0.39 is 10.9 Å². The number of nitro groups is 1. The van der Waals surface area contributed by atoms with Crippen molar-refractivity contribution in [2.24, 2.45) is 0 Å². The zero-order valence-electron chi connectivity index (χ0n) is 14.8. The number of hydrogen-bond acceptors (Lipinski definition) is 6. The molecule has 3 aromatic rings. The van der Waals surface area contributed by atoms with Crippen LogP contribution in [0.3, 0.4) is 0 Å². The lowest BCUT2D eigenvalue weighted by molar-refractivity contribution is -0.384. The predicted molar refractivity (Wildman–Crippen MR) is 101 cm³/mol. The maximum atomic E-state index is 12.2. The van der Waals surface area contributed by atoms with Crippen LogP contribution in [0.1, 0.15) is 27.6 Å². The van der Waals surface area contributed by atoms with E-state index in [4.69, 9.17) is 9.47 Å². The summed E-state index contributed by atoms with van der Waals surface area (Å²) in [4.78, 5) is 33.6. The summed E-state index contributed by atoms with van der Waals surface area (Å²) in [6.07, 6.45) is 0. The van der Waals surface area contributed by atoms with E-state index in [-0.39, 0.29) is 11.5 Å². The minimum atomic E-state index is -0.544. The highest BCUT2D eigenvalue weighted by Crippen LogP contribution is 2.24. The van der Waals surface area contributed by atoms with Crippen LogP contribution in [0.15, 0.2) is 72.8 Å². The molecule has 28 heavy (non-hydrogen) atoms. The molecule has 0 unspecified atom stereocenters. The second-order valence-electron chi connectivity index (χ2n) is 5.85. The molecule has 3 aromatic carbocycles. The van der Waals surface area contributed by atoms with Crippen molar-refractivity contribution in [3.05, 3.63) is 94.0 Å². The molecule has 0 N–H and O–H groups in total. The molecule has 0 amide bonds. The van der Waals surface area contributed by atoms with Gasteiger partial charge in [0.25, 0.3) is 5.69 Å². The molecule has 0 saturated carbocycles. The first-order chi connectivity index (χ1) is 13.4. The Labute approximate surface area is 160 Å². The third kappa shape index (κ3) is 4.59. The summed E-state index contributed by atoms with van der Waals surface area (Å²) in [5.74, 6) is 0.628. The number of nitrogens with zero attached hydrogens (tertiary/aromatic N) is 1. The van der Waals surface area contributed by atoms with Gasteiger partial charge in [0, 0.05) is 17.7 Å². The number of non-ortho nitro benzene ring substituents is 1. The van der Waals surface area contributed by atoms with Crippen LogP contribution in [0.5, 0.6) is 17.2 Å². The minimum absolute atomic E-state index is 0.0261. The van der Waals surface area contributed by atoms with E-state index in [2.05, 4.69) is 0 Å². The van der Waals surface area contributed by atoms with Crippen molar-refractivity contribution in [2.45, 2.75) is 6.92 Å². The third-order valence-corrected chi connectivity index (χ3v) is 3.84. The van der Waals surface area contributed by atoms with Crippen LogP contribution < -0.4 is 9.47 Å². The van der Waals surface area contributed by atoms with Crippen molar-refractivity contribution in [2.75, 3.05) is 0 Å². The van der Waals surface area contributed by atoms with Crippen LogP contribution in [0, 0.1) is 10.1 Å². The maximum absolute atomic E-state index is 12.2. The monoisotopic (exact) mass is 377 g/mol. The quantitative estimate of drug-likeness (QED) is 0.201. The molecule has 3 rings (SSSR count). The summed E-state index contributed by atoms with van der Waals surface area (Å²) >= 11 is 0. The molecule has 0 spiro atoms. The molecule has 140 valence electrons.